The SMILES string of the molecule is Cc1cc(C)c(C#N)c(N(C)CC(=O)N2c3ccccc3NC(=O)CC2C)n1. The number of fused-ring (bicyclic) bond motifs is 1. The van der Waals surface area contributed by atoms with Crippen LogP contribution < -0.4 is 15.1 Å². The molecule has 7 heteroatoms. The Morgan fingerprint density at radius 2 is 2.11 bits per heavy atom. The number of nitrogens with one attached hydrogen (secondary N) is 1. The van der Waals surface area contributed by atoms with E-state index >= 15 is 0 Å². The van der Waals surface area contributed by atoms with Gasteiger partial charge in [-0.15, -0.1) is 0 Å². The van der Waals surface area contributed by atoms with E-state index in [0.29, 0.717) is 22.8 Å². The summed E-state index contributed by atoms with van der Waals surface area (Å²) >= 11 is 0. The first-order chi connectivity index (χ1) is 13.3. The number of amides is 2. The molecule has 0 spiro atoms. The van der Waals surface area contributed by atoms with E-state index in [0.717, 1.165) is 11.3 Å². The van der Waals surface area contributed by atoms with Gasteiger partial charge in [-0.3, -0.25) is 9.59 Å². The van der Waals surface area contributed by atoms with Crippen molar-refractivity contribution in [3.8, 4) is 6.07 Å². The van der Waals surface area contributed by atoms with Crippen LogP contribution in [0.1, 0.15) is 30.2 Å². The highest BCUT2D eigenvalue weighted by atomic mass is 16.2. The molecule has 0 saturated carbocycles. The zero-order valence-electron chi connectivity index (χ0n) is 16.5. The third-order valence-electron chi connectivity index (χ3n) is 4.80. The number of anilines is 3. The Morgan fingerprint density at radius 3 is 2.82 bits per heavy atom. The fourth-order valence-electron chi connectivity index (χ4n) is 3.55. The molecule has 1 N–H and O–H groups in total. The first-order valence-electron chi connectivity index (χ1n) is 9.12. The van der Waals surface area contributed by atoms with Crippen LogP contribution in [-0.2, 0) is 9.59 Å². The van der Waals surface area contributed by atoms with Crippen molar-refractivity contribution in [1.82, 2.24) is 4.98 Å². The van der Waals surface area contributed by atoms with Crippen LogP contribution in [0.25, 0.3) is 0 Å². The molecule has 3 rings (SSSR count). The largest absolute Gasteiger partial charge is 0.349 e. The number of rotatable bonds is 3. The summed E-state index contributed by atoms with van der Waals surface area (Å²) in [6.45, 7) is 5.61. The van der Waals surface area contributed by atoms with Crippen LogP contribution in [-0.4, -0.2) is 36.4 Å². The van der Waals surface area contributed by atoms with Gasteiger partial charge in [0.1, 0.15) is 11.9 Å². The van der Waals surface area contributed by atoms with Crippen LogP contribution in [0.4, 0.5) is 17.2 Å². The minimum absolute atomic E-state index is 0.0391. The van der Waals surface area contributed by atoms with Crippen molar-refractivity contribution in [2.45, 2.75) is 33.2 Å². The quantitative estimate of drug-likeness (QED) is 0.888. The standard InChI is InChI=1S/C21H23N5O2/c1-13-9-14(2)23-21(16(13)11-22)25(4)12-20(28)26-15(3)10-19(27)24-17-7-5-6-8-18(17)26/h5-9,15H,10,12H2,1-4H3,(H,24,27). The monoisotopic (exact) mass is 377 g/mol. The van der Waals surface area contributed by atoms with Crippen molar-refractivity contribution < 1.29 is 9.59 Å². The number of aromatic nitrogens is 1. The van der Waals surface area contributed by atoms with E-state index in [4.69, 9.17) is 0 Å². The van der Waals surface area contributed by atoms with Gasteiger partial charge in [-0.25, -0.2) is 4.98 Å². The summed E-state index contributed by atoms with van der Waals surface area (Å²) in [6.07, 6.45) is 0.218. The van der Waals surface area contributed by atoms with Gasteiger partial charge in [-0.05, 0) is 44.5 Å². The van der Waals surface area contributed by atoms with Crippen molar-refractivity contribution in [2.75, 3.05) is 28.7 Å². The predicted molar refractivity (Wildman–Crippen MR) is 108 cm³/mol. The molecule has 1 aromatic carbocycles. The first-order valence-corrected chi connectivity index (χ1v) is 9.12. The zero-order chi connectivity index (χ0) is 20.4. The average Bonchev–Trinajstić information content (AvgIpc) is 2.75. The van der Waals surface area contributed by atoms with Crippen LogP contribution >= 0.6 is 0 Å². The number of carbonyl (C=O) groups excluding carboxylic acids is 2. The Bertz CT molecular complexity index is 979. The Kier molecular flexibility index (Phi) is 5.32. The molecule has 0 fully saturated rings. The first kappa shape index (κ1) is 19.4. The molecular formula is C21H23N5O2. The van der Waals surface area contributed by atoms with Gasteiger partial charge in [0.2, 0.25) is 11.8 Å². The van der Waals surface area contributed by atoms with Gasteiger partial charge in [0, 0.05) is 25.2 Å². The van der Waals surface area contributed by atoms with Gasteiger partial charge < -0.3 is 15.1 Å². The highest BCUT2D eigenvalue weighted by molar-refractivity contribution is 6.05. The molecule has 2 aromatic rings. The van der Waals surface area contributed by atoms with E-state index < -0.39 is 0 Å². The normalized spacial score (nSPS) is 15.9. The summed E-state index contributed by atoms with van der Waals surface area (Å²) in [5.41, 5.74) is 3.37. The number of aryl methyl sites for hydroxylation is 2. The van der Waals surface area contributed by atoms with Crippen molar-refractivity contribution in [3.05, 3.63) is 47.2 Å². The maximum atomic E-state index is 13.2. The lowest BCUT2D eigenvalue weighted by molar-refractivity contribution is -0.118. The van der Waals surface area contributed by atoms with Crippen LogP contribution in [0.15, 0.2) is 30.3 Å². The van der Waals surface area contributed by atoms with E-state index in [2.05, 4.69) is 16.4 Å². The summed E-state index contributed by atoms with van der Waals surface area (Å²) < 4.78 is 0. The van der Waals surface area contributed by atoms with Gasteiger partial charge in [-0.1, -0.05) is 12.1 Å². The lowest BCUT2D eigenvalue weighted by Gasteiger charge is -2.30. The lowest BCUT2D eigenvalue weighted by atomic mass is 10.1. The summed E-state index contributed by atoms with van der Waals surface area (Å²) in [4.78, 5) is 33.1. The van der Waals surface area contributed by atoms with Crippen molar-refractivity contribution in [2.24, 2.45) is 0 Å². The highest BCUT2D eigenvalue weighted by Crippen LogP contribution is 2.31. The van der Waals surface area contributed by atoms with Crippen LogP contribution in [0, 0.1) is 25.2 Å². The minimum Gasteiger partial charge on any atom is -0.349 e. The van der Waals surface area contributed by atoms with Gasteiger partial charge in [0.15, 0.2) is 0 Å². The molecule has 144 valence electrons. The molecule has 0 saturated heterocycles. The van der Waals surface area contributed by atoms with Crippen LogP contribution in [0.2, 0.25) is 0 Å². The number of nitrogens with zero attached hydrogens (tertiary/aromatic N) is 4. The van der Waals surface area contributed by atoms with E-state index in [1.54, 1.807) is 22.9 Å². The number of carbonyl (C=O) groups is 2. The van der Waals surface area contributed by atoms with E-state index in [1.165, 1.54) is 0 Å². The molecular weight excluding hydrogens is 354 g/mol. The molecule has 2 heterocycles. The van der Waals surface area contributed by atoms with Crippen LogP contribution in [0.3, 0.4) is 0 Å². The summed E-state index contributed by atoms with van der Waals surface area (Å²) in [6, 6.07) is 11.0. The lowest BCUT2D eigenvalue weighted by Crippen LogP contribution is -2.44. The Labute approximate surface area is 164 Å². The number of likely N-dealkylation sites (N-methyl/N-ethyl adjacent to an activating group) is 1. The van der Waals surface area contributed by atoms with Crippen molar-refractivity contribution in [3.63, 3.8) is 0 Å². The van der Waals surface area contributed by atoms with Crippen molar-refractivity contribution in [1.29, 1.82) is 5.26 Å². The number of nitriles is 1. The molecule has 0 bridgehead atoms. The molecule has 7 nitrogen and oxygen atoms in total. The highest BCUT2D eigenvalue weighted by Gasteiger charge is 2.30. The van der Waals surface area contributed by atoms with E-state index in [-0.39, 0.29) is 30.8 Å². The van der Waals surface area contributed by atoms with E-state index in [1.807, 2.05) is 45.0 Å². The molecule has 1 aliphatic heterocycles. The number of hydrogen-bond donors (Lipinski definition) is 1. The fourth-order valence-corrected chi connectivity index (χ4v) is 3.55. The van der Waals surface area contributed by atoms with Gasteiger partial charge in [-0.2, -0.15) is 5.26 Å². The molecule has 1 aliphatic rings. The molecule has 1 aromatic heterocycles. The van der Waals surface area contributed by atoms with Gasteiger partial charge in [0.05, 0.1) is 23.5 Å². The summed E-state index contributed by atoms with van der Waals surface area (Å²) in [5.74, 6) is 0.202. The molecule has 0 aliphatic carbocycles. The topological polar surface area (TPSA) is 89.3 Å². The molecule has 28 heavy (non-hydrogen) atoms. The van der Waals surface area contributed by atoms with Crippen LogP contribution in [0.5, 0.6) is 0 Å². The Balaban J connectivity index is 1.93. The third kappa shape index (κ3) is 3.67. The number of para-hydroxylation sites is 2. The second-order valence-electron chi connectivity index (χ2n) is 7.13. The average molecular weight is 377 g/mol. The minimum atomic E-state index is -0.285. The maximum Gasteiger partial charge on any atom is 0.246 e. The Hall–Kier alpha value is -3.40. The van der Waals surface area contributed by atoms with Gasteiger partial charge in [0.25, 0.3) is 0 Å². The smallest absolute Gasteiger partial charge is 0.246 e. The third-order valence-corrected chi connectivity index (χ3v) is 4.80. The molecule has 0 radical (unpaired) electrons. The molecule has 2 amide bonds. The predicted octanol–water partition coefficient (Wildman–Crippen LogP) is 2.77. The second kappa shape index (κ2) is 7.69. The van der Waals surface area contributed by atoms with E-state index in [9.17, 15) is 14.9 Å². The van der Waals surface area contributed by atoms with Gasteiger partial charge >= 0.3 is 0 Å². The summed E-state index contributed by atoms with van der Waals surface area (Å²) in [7, 11) is 1.75. The fraction of sp³-hybridized carbons (Fsp3) is 0.333. The Morgan fingerprint density at radius 1 is 1.39 bits per heavy atom. The number of benzene rings is 1. The van der Waals surface area contributed by atoms with Crippen molar-refractivity contribution >= 4 is 29.0 Å². The molecule has 1 unspecified atom stereocenters. The zero-order valence-corrected chi connectivity index (χ0v) is 16.5. The maximum absolute atomic E-state index is 13.2. The summed E-state index contributed by atoms with van der Waals surface area (Å²) in [5, 5.41) is 12.4. The number of pyridine rings is 1. The molecule has 1 atom stereocenters. The second-order valence-corrected chi connectivity index (χ2v) is 7.13. The number of hydrogen-bond acceptors (Lipinski definition) is 5.